The van der Waals surface area contributed by atoms with E-state index < -0.39 is 0 Å². The fraction of sp³-hybridized carbons (Fsp3) is 0.231. The minimum atomic E-state index is 0.876. The van der Waals surface area contributed by atoms with E-state index in [1.807, 2.05) is 12.1 Å². The first kappa shape index (κ1) is 11.5. The van der Waals surface area contributed by atoms with Crippen LogP contribution >= 0.6 is 22.9 Å². The summed E-state index contributed by atoms with van der Waals surface area (Å²) < 4.78 is 6.02. The van der Waals surface area contributed by atoms with Gasteiger partial charge in [-0.25, -0.2) is 0 Å². The molecule has 0 amide bonds. The van der Waals surface area contributed by atoms with Crippen LogP contribution in [0.4, 0.5) is 0 Å². The van der Waals surface area contributed by atoms with Crippen molar-refractivity contribution >= 4 is 22.9 Å². The Morgan fingerprint density at radius 2 is 1.69 bits per heavy atom. The predicted octanol–water partition coefficient (Wildman–Crippen LogP) is 4.69. The summed E-state index contributed by atoms with van der Waals surface area (Å²) in [6, 6.07) is 8.07. The summed E-state index contributed by atoms with van der Waals surface area (Å²) in [6.45, 7) is 4.17. The molecule has 0 fully saturated rings. The maximum Gasteiger partial charge on any atom is 0.118 e. The molecule has 1 aromatic carbocycles. The third-order valence-electron chi connectivity index (χ3n) is 2.74. The second-order valence-corrected chi connectivity index (χ2v) is 5.31. The molecular weight excluding hydrogens is 240 g/mol. The van der Waals surface area contributed by atoms with E-state index >= 15 is 0 Å². The highest BCUT2D eigenvalue weighted by Gasteiger charge is 2.11. The van der Waals surface area contributed by atoms with Gasteiger partial charge in [0.1, 0.15) is 5.75 Å². The van der Waals surface area contributed by atoms with Crippen LogP contribution in [-0.2, 0) is 0 Å². The largest absolute Gasteiger partial charge is 0.497 e. The van der Waals surface area contributed by atoms with Gasteiger partial charge in [0.15, 0.2) is 0 Å². The van der Waals surface area contributed by atoms with Crippen molar-refractivity contribution in [2.75, 3.05) is 7.11 Å². The van der Waals surface area contributed by atoms with Crippen molar-refractivity contribution in [1.29, 1.82) is 0 Å². The van der Waals surface area contributed by atoms with E-state index in [2.05, 4.69) is 26.0 Å². The first-order chi connectivity index (χ1) is 7.63. The van der Waals surface area contributed by atoms with Gasteiger partial charge in [-0.05, 0) is 54.8 Å². The van der Waals surface area contributed by atoms with Crippen molar-refractivity contribution in [3.05, 3.63) is 39.7 Å². The van der Waals surface area contributed by atoms with E-state index in [-0.39, 0.29) is 0 Å². The SMILES string of the molecule is COc1ccc(-c2sc(Cl)c(C)c2C)cc1. The van der Waals surface area contributed by atoms with Gasteiger partial charge < -0.3 is 4.74 Å². The Morgan fingerprint density at radius 1 is 1.06 bits per heavy atom. The fourth-order valence-corrected chi connectivity index (χ4v) is 3.00. The van der Waals surface area contributed by atoms with E-state index in [1.54, 1.807) is 18.4 Å². The molecule has 2 rings (SSSR count). The number of rotatable bonds is 2. The summed E-state index contributed by atoms with van der Waals surface area (Å²) >= 11 is 7.77. The van der Waals surface area contributed by atoms with Crippen LogP contribution in [0, 0.1) is 13.8 Å². The molecule has 16 heavy (non-hydrogen) atoms. The zero-order valence-corrected chi connectivity index (χ0v) is 11.1. The van der Waals surface area contributed by atoms with Gasteiger partial charge in [-0.1, -0.05) is 11.6 Å². The fourth-order valence-electron chi connectivity index (χ4n) is 1.58. The Balaban J connectivity index is 2.46. The van der Waals surface area contributed by atoms with Crippen molar-refractivity contribution in [3.8, 4) is 16.2 Å². The number of hydrogen-bond acceptors (Lipinski definition) is 2. The lowest BCUT2D eigenvalue weighted by Gasteiger charge is -2.02. The van der Waals surface area contributed by atoms with Crippen LogP contribution in [0.3, 0.4) is 0 Å². The summed E-state index contributed by atoms with van der Waals surface area (Å²) in [5.74, 6) is 0.876. The highest BCUT2D eigenvalue weighted by molar-refractivity contribution is 7.19. The Morgan fingerprint density at radius 3 is 2.12 bits per heavy atom. The zero-order valence-electron chi connectivity index (χ0n) is 9.50. The quantitative estimate of drug-likeness (QED) is 0.753. The number of benzene rings is 1. The molecule has 0 radical (unpaired) electrons. The average Bonchev–Trinajstić information content (AvgIpc) is 2.57. The van der Waals surface area contributed by atoms with Gasteiger partial charge in [0.2, 0.25) is 0 Å². The molecule has 0 atom stereocenters. The maximum absolute atomic E-state index is 6.14. The van der Waals surface area contributed by atoms with E-state index in [1.165, 1.54) is 21.6 Å². The van der Waals surface area contributed by atoms with Gasteiger partial charge in [-0.15, -0.1) is 11.3 Å². The van der Waals surface area contributed by atoms with E-state index in [4.69, 9.17) is 16.3 Å². The van der Waals surface area contributed by atoms with Crippen LogP contribution < -0.4 is 4.74 Å². The standard InChI is InChI=1S/C13H13ClOS/c1-8-9(2)13(14)16-12(8)10-4-6-11(15-3)7-5-10/h4-7H,1-3H3. The van der Waals surface area contributed by atoms with Gasteiger partial charge >= 0.3 is 0 Å². The van der Waals surface area contributed by atoms with Crippen LogP contribution in [0.5, 0.6) is 5.75 Å². The number of ether oxygens (including phenoxy) is 1. The van der Waals surface area contributed by atoms with Gasteiger partial charge in [-0.2, -0.15) is 0 Å². The molecule has 0 spiro atoms. The first-order valence-corrected chi connectivity index (χ1v) is 6.23. The third kappa shape index (κ3) is 1.95. The van der Waals surface area contributed by atoms with Crippen LogP contribution in [0.25, 0.3) is 10.4 Å². The molecule has 0 saturated carbocycles. The Labute approximate surface area is 105 Å². The van der Waals surface area contributed by atoms with Gasteiger partial charge in [0, 0.05) is 4.88 Å². The van der Waals surface area contributed by atoms with Crippen LogP contribution in [-0.4, -0.2) is 7.11 Å². The molecule has 0 aliphatic carbocycles. The minimum absolute atomic E-state index is 0.876. The van der Waals surface area contributed by atoms with Gasteiger partial charge in [-0.3, -0.25) is 0 Å². The van der Waals surface area contributed by atoms with E-state index in [0.29, 0.717) is 0 Å². The van der Waals surface area contributed by atoms with Crippen LogP contribution in [0.2, 0.25) is 4.34 Å². The van der Waals surface area contributed by atoms with Crippen molar-refractivity contribution in [3.63, 3.8) is 0 Å². The average molecular weight is 253 g/mol. The Bertz CT molecular complexity index is 499. The topological polar surface area (TPSA) is 9.23 Å². The molecule has 0 aliphatic rings. The molecule has 0 aliphatic heterocycles. The molecule has 0 bridgehead atoms. The first-order valence-electron chi connectivity index (χ1n) is 5.03. The third-order valence-corrected chi connectivity index (χ3v) is 4.49. The van der Waals surface area contributed by atoms with Gasteiger partial charge in [0.05, 0.1) is 11.4 Å². The number of hydrogen-bond donors (Lipinski definition) is 0. The number of halogens is 1. The number of thiophene rings is 1. The summed E-state index contributed by atoms with van der Waals surface area (Å²) in [6.07, 6.45) is 0. The monoisotopic (exact) mass is 252 g/mol. The van der Waals surface area contributed by atoms with E-state index in [9.17, 15) is 0 Å². The van der Waals surface area contributed by atoms with Crippen molar-refractivity contribution in [1.82, 2.24) is 0 Å². The highest BCUT2D eigenvalue weighted by atomic mass is 35.5. The molecule has 84 valence electrons. The molecule has 2 aromatic rings. The minimum Gasteiger partial charge on any atom is -0.497 e. The van der Waals surface area contributed by atoms with E-state index in [0.717, 1.165) is 10.1 Å². The lowest BCUT2D eigenvalue weighted by Crippen LogP contribution is -1.82. The lowest BCUT2D eigenvalue weighted by atomic mass is 10.1. The lowest BCUT2D eigenvalue weighted by molar-refractivity contribution is 0.415. The smallest absolute Gasteiger partial charge is 0.118 e. The molecule has 3 heteroatoms. The highest BCUT2D eigenvalue weighted by Crippen LogP contribution is 2.39. The normalized spacial score (nSPS) is 10.5. The summed E-state index contributed by atoms with van der Waals surface area (Å²) in [4.78, 5) is 1.24. The second-order valence-electron chi connectivity index (χ2n) is 3.68. The summed E-state index contributed by atoms with van der Waals surface area (Å²) in [7, 11) is 1.67. The molecule has 0 saturated heterocycles. The molecule has 1 aromatic heterocycles. The number of methoxy groups -OCH3 is 1. The van der Waals surface area contributed by atoms with Gasteiger partial charge in [0.25, 0.3) is 0 Å². The molecule has 0 unspecified atom stereocenters. The van der Waals surface area contributed by atoms with Crippen molar-refractivity contribution < 1.29 is 4.74 Å². The predicted molar refractivity (Wildman–Crippen MR) is 70.8 cm³/mol. The molecular formula is C13H13ClOS. The molecule has 1 nitrogen and oxygen atoms in total. The maximum atomic E-state index is 6.14. The molecule has 1 heterocycles. The molecule has 0 N–H and O–H groups in total. The zero-order chi connectivity index (χ0) is 11.7. The summed E-state index contributed by atoms with van der Waals surface area (Å²) in [5, 5.41) is 0. The summed E-state index contributed by atoms with van der Waals surface area (Å²) in [5.41, 5.74) is 3.64. The Hall–Kier alpha value is -0.990. The van der Waals surface area contributed by atoms with Crippen molar-refractivity contribution in [2.45, 2.75) is 13.8 Å². The Kier molecular flexibility index (Phi) is 3.22. The van der Waals surface area contributed by atoms with Crippen LogP contribution in [0.15, 0.2) is 24.3 Å². The van der Waals surface area contributed by atoms with Crippen molar-refractivity contribution in [2.24, 2.45) is 0 Å². The second kappa shape index (κ2) is 4.48. The van der Waals surface area contributed by atoms with Crippen LogP contribution in [0.1, 0.15) is 11.1 Å².